The third-order valence-corrected chi connectivity index (χ3v) is 3.85. The van der Waals surface area contributed by atoms with E-state index in [0.29, 0.717) is 24.0 Å². The van der Waals surface area contributed by atoms with E-state index in [1.807, 2.05) is 13.8 Å². The van der Waals surface area contributed by atoms with Crippen molar-refractivity contribution in [2.75, 3.05) is 10.6 Å². The van der Waals surface area contributed by atoms with Crippen molar-refractivity contribution in [2.45, 2.75) is 20.4 Å². The van der Waals surface area contributed by atoms with Crippen LogP contribution in [0.25, 0.3) is 0 Å². The molecule has 6 nitrogen and oxygen atoms in total. The number of hydrogen-bond acceptors (Lipinski definition) is 5. The van der Waals surface area contributed by atoms with Gasteiger partial charge in [0.05, 0.1) is 11.3 Å². The number of aromatic carboxylic acids is 1. The number of nitrogens with one attached hydrogen (secondary N) is 2. The summed E-state index contributed by atoms with van der Waals surface area (Å²) in [5, 5.41) is 15.6. The Morgan fingerprint density at radius 2 is 1.77 bits per heavy atom. The fourth-order valence-corrected chi connectivity index (χ4v) is 2.52. The van der Waals surface area contributed by atoms with Crippen LogP contribution in [0.4, 0.5) is 17.5 Å². The van der Waals surface area contributed by atoms with Crippen LogP contribution in [0.3, 0.4) is 0 Å². The fourth-order valence-electron chi connectivity index (χ4n) is 2.52. The molecule has 0 amide bonds. The molecule has 1 heterocycles. The lowest BCUT2D eigenvalue weighted by molar-refractivity contribution is 0.0698. The first-order chi connectivity index (χ1) is 12.5. The number of carboxylic acid groups (broad SMARTS) is 1. The number of rotatable bonds is 6. The molecule has 0 saturated heterocycles. The molecule has 0 unspecified atom stereocenters. The molecule has 2 aromatic carbocycles. The second kappa shape index (κ2) is 7.65. The number of carbonyl (C=O) groups is 1. The standard InChI is InChI=1S/C20H20N4O2/c1-13-7-9-15(10-8-13)12-21-20-22-14(2)11-18(24-20)23-17-6-4-3-5-16(17)19(25)26/h3-11H,12H2,1-2H3,(H,25,26)(H2,21,22,23,24). The van der Waals surface area contributed by atoms with Gasteiger partial charge >= 0.3 is 5.97 Å². The first-order valence-electron chi connectivity index (χ1n) is 8.26. The van der Waals surface area contributed by atoms with Gasteiger partial charge in [0.25, 0.3) is 0 Å². The molecule has 3 rings (SSSR count). The number of anilines is 3. The predicted molar refractivity (Wildman–Crippen MR) is 102 cm³/mol. The van der Waals surface area contributed by atoms with Crippen molar-refractivity contribution in [2.24, 2.45) is 0 Å². The summed E-state index contributed by atoms with van der Waals surface area (Å²) in [6.45, 7) is 4.52. The second-order valence-corrected chi connectivity index (χ2v) is 6.03. The summed E-state index contributed by atoms with van der Waals surface area (Å²) in [6, 6.07) is 16.7. The molecule has 0 saturated carbocycles. The zero-order chi connectivity index (χ0) is 18.5. The average Bonchev–Trinajstić information content (AvgIpc) is 2.61. The Bertz CT molecular complexity index is 923. The highest BCUT2D eigenvalue weighted by Crippen LogP contribution is 2.21. The van der Waals surface area contributed by atoms with E-state index in [1.165, 1.54) is 5.56 Å². The summed E-state index contributed by atoms with van der Waals surface area (Å²) in [6.07, 6.45) is 0. The molecule has 0 spiro atoms. The van der Waals surface area contributed by atoms with Crippen molar-refractivity contribution in [3.8, 4) is 0 Å². The van der Waals surface area contributed by atoms with Crippen LogP contribution >= 0.6 is 0 Å². The Kier molecular flexibility index (Phi) is 5.12. The van der Waals surface area contributed by atoms with Gasteiger partial charge in [-0.2, -0.15) is 4.98 Å². The number of hydrogen-bond donors (Lipinski definition) is 3. The molecule has 0 aliphatic carbocycles. The average molecular weight is 348 g/mol. The quantitative estimate of drug-likeness (QED) is 0.620. The van der Waals surface area contributed by atoms with Gasteiger partial charge < -0.3 is 15.7 Å². The maximum Gasteiger partial charge on any atom is 0.337 e. The van der Waals surface area contributed by atoms with E-state index < -0.39 is 5.97 Å². The summed E-state index contributed by atoms with van der Waals surface area (Å²) in [4.78, 5) is 20.2. The largest absolute Gasteiger partial charge is 0.478 e. The van der Waals surface area contributed by atoms with Crippen molar-refractivity contribution < 1.29 is 9.90 Å². The Morgan fingerprint density at radius 3 is 2.50 bits per heavy atom. The van der Waals surface area contributed by atoms with Gasteiger partial charge in [0.15, 0.2) is 0 Å². The number of carboxylic acids is 1. The number of aryl methyl sites for hydroxylation is 2. The van der Waals surface area contributed by atoms with Gasteiger partial charge in [-0.1, -0.05) is 42.0 Å². The van der Waals surface area contributed by atoms with Crippen LogP contribution in [-0.2, 0) is 6.54 Å². The second-order valence-electron chi connectivity index (χ2n) is 6.03. The van der Waals surface area contributed by atoms with E-state index in [9.17, 15) is 9.90 Å². The molecule has 3 N–H and O–H groups in total. The summed E-state index contributed by atoms with van der Waals surface area (Å²) in [7, 11) is 0. The van der Waals surface area contributed by atoms with Gasteiger partial charge in [-0.15, -0.1) is 0 Å². The predicted octanol–water partition coefficient (Wildman–Crippen LogP) is 4.15. The highest BCUT2D eigenvalue weighted by Gasteiger charge is 2.10. The number of benzene rings is 2. The van der Waals surface area contributed by atoms with Gasteiger partial charge in [-0.05, 0) is 31.5 Å². The third kappa shape index (κ3) is 4.36. The highest BCUT2D eigenvalue weighted by atomic mass is 16.4. The first-order valence-corrected chi connectivity index (χ1v) is 8.26. The number of aromatic nitrogens is 2. The third-order valence-electron chi connectivity index (χ3n) is 3.85. The minimum absolute atomic E-state index is 0.193. The molecule has 6 heteroatoms. The van der Waals surface area contributed by atoms with Crippen LogP contribution in [0, 0.1) is 13.8 Å². The van der Waals surface area contributed by atoms with E-state index in [4.69, 9.17) is 0 Å². The van der Waals surface area contributed by atoms with Crippen LogP contribution in [0.1, 0.15) is 27.2 Å². The number of nitrogens with zero attached hydrogens (tertiary/aromatic N) is 2. The van der Waals surface area contributed by atoms with Crippen molar-refractivity contribution in [1.29, 1.82) is 0 Å². The Balaban J connectivity index is 1.77. The minimum atomic E-state index is -0.989. The van der Waals surface area contributed by atoms with Crippen molar-refractivity contribution >= 4 is 23.4 Å². The van der Waals surface area contributed by atoms with Crippen LogP contribution in [-0.4, -0.2) is 21.0 Å². The molecule has 3 aromatic rings. The molecule has 132 valence electrons. The minimum Gasteiger partial charge on any atom is -0.478 e. The SMILES string of the molecule is Cc1ccc(CNc2nc(C)cc(Nc3ccccc3C(=O)O)n2)cc1. The van der Waals surface area contributed by atoms with E-state index >= 15 is 0 Å². The van der Waals surface area contributed by atoms with Crippen LogP contribution in [0.2, 0.25) is 0 Å². The fraction of sp³-hybridized carbons (Fsp3) is 0.150. The summed E-state index contributed by atoms with van der Waals surface area (Å²) in [5.41, 5.74) is 3.80. The number of para-hydroxylation sites is 1. The molecular formula is C20H20N4O2. The molecule has 0 radical (unpaired) electrons. The Labute approximate surface area is 152 Å². The monoisotopic (exact) mass is 348 g/mol. The lowest BCUT2D eigenvalue weighted by Crippen LogP contribution is -2.08. The molecule has 0 aliphatic heterocycles. The summed E-state index contributed by atoms with van der Waals surface area (Å²) >= 11 is 0. The summed E-state index contributed by atoms with van der Waals surface area (Å²) < 4.78 is 0. The Hall–Kier alpha value is -3.41. The molecule has 0 atom stereocenters. The van der Waals surface area contributed by atoms with Crippen molar-refractivity contribution in [3.63, 3.8) is 0 Å². The van der Waals surface area contributed by atoms with Crippen LogP contribution < -0.4 is 10.6 Å². The van der Waals surface area contributed by atoms with Gasteiger partial charge in [-0.3, -0.25) is 0 Å². The van der Waals surface area contributed by atoms with Crippen LogP contribution in [0.15, 0.2) is 54.6 Å². The molecule has 1 aromatic heterocycles. The van der Waals surface area contributed by atoms with E-state index in [0.717, 1.165) is 11.3 Å². The normalized spacial score (nSPS) is 10.4. The van der Waals surface area contributed by atoms with Gasteiger partial charge in [0.2, 0.25) is 5.95 Å². The molecule has 26 heavy (non-hydrogen) atoms. The first kappa shape index (κ1) is 17.4. The molecular weight excluding hydrogens is 328 g/mol. The van der Waals surface area contributed by atoms with Crippen molar-refractivity contribution in [3.05, 3.63) is 77.0 Å². The summed E-state index contributed by atoms with van der Waals surface area (Å²) in [5.74, 6) is 0.0371. The maximum atomic E-state index is 11.3. The van der Waals surface area contributed by atoms with E-state index in [-0.39, 0.29) is 5.56 Å². The zero-order valence-electron chi connectivity index (χ0n) is 14.7. The van der Waals surface area contributed by atoms with Crippen LogP contribution in [0.5, 0.6) is 0 Å². The Morgan fingerprint density at radius 1 is 1.04 bits per heavy atom. The van der Waals surface area contributed by atoms with Gasteiger partial charge in [0, 0.05) is 18.3 Å². The highest BCUT2D eigenvalue weighted by molar-refractivity contribution is 5.95. The van der Waals surface area contributed by atoms with E-state index in [1.54, 1.807) is 30.3 Å². The lowest BCUT2D eigenvalue weighted by Gasteiger charge is -2.11. The topological polar surface area (TPSA) is 87.1 Å². The maximum absolute atomic E-state index is 11.3. The van der Waals surface area contributed by atoms with Gasteiger partial charge in [-0.25, -0.2) is 9.78 Å². The smallest absolute Gasteiger partial charge is 0.337 e. The van der Waals surface area contributed by atoms with Gasteiger partial charge in [0.1, 0.15) is 5.82 Å². The zero-order valence-corrected chi connectivity index (χ0v) is 14.7. The lowest BCUT2D eigenvalue weighted by atomic mass is 10.1. The van der Waals surface area contributed by atoms with E-state index in [2.05, 4.69) is 44.9 Å². The molecule has 0 aliphatic rings. The van der Waals surface area contributed by atoms with Crippen molar-refractivity contribution in [1.82, 2.24) is 9.97 Å². The molecule has 0 fully saturated rings. The molecule has 0 bridgehead atoms.